The van der Waals surface area contributed by atoms with Gasteiger partial charge in [0.2, 0.25) is 0 Å². The van der Waals surface area contributed by atoms with Crippen molar-refractivity contribution in [3.05, 3.63) is 65.4 Å². The van der Waals surface area contributed by atoms with Gasteiger partial charge in [-0.25, -0.2) is 0 Å². The first kappa shape index (κ1) is 19.9. The van der Waals surface area contributed by atoms with Crippen molar-refractivity contribution in [2.45, 2.75) is 36.9 Å². The zero-order valence-electron chi connectivity index (χ0n) is 16.0. The monoisotopic (exact) mass is 399 g/mol. The summed E-state index contributed by atoms with van der Waals surface area (Å²) in [5.41, 5.74) is 3.39. The van der Waals surface area contributed by atoms with Gasteiger partial charge in [-0.15, -0.1) is 0 Å². The number of hydrogen-bond donors (Lipinski definition) is 5. The Morgan fingerprint density at radius 2 is 1.72 bits per heavy atom. The predicted octanol–water partition coefficient (Wildman–Crippen LogP) is 0.990. The molecule has 1 aliphatic rings. The smallest absolute Gasteiger partial charge is 0.121 e. The summed E-state index contributed by atoms with van der Waals surface area (Å²) < 4.78 is 7.71. The largest absolute Gasteiger partial charge is 0.508 e. The second kappa shape index (κ2) is 7.78. The van der Waals surface area contributed by atoms with Crippen LogP contribution < -0.4 is 0 Å². The van der Waals surface area contributed by atoms with Crippen LogP contribution in [0.1, 0.15) is 22.9 Å². The Labute approximate surface area is 168 Å². The van der Waals surface area contributed by atoms with Crippen molar-refractivity contribution in [3.8, 4) is 5.75 Å². The molecule has 0 radical (unpaired) electrons. The summed E-state index contributed by atoms with van der Waals surface area (Å²) in [5.74, 6) is -0.0879. The molecule has 2 aromatic carbocycles. The highest BCUT2D eigenvalue weighted by molar-refractivity contribution is 5.81. The van der Waals surface area contributed by atoms with Crippen LogP contribution in [0.2, 0.25) is 0 Å². The molecule has 0 saturated carbocycles. The van der Waals surface area contributed by atoms with Crippen LogP contribution in [0, 0.1) is 0 Å². The summed E-state index contributed by atoms with van der Waals surface area (Å²) in [6, 6.07) is 15.2. The van der Waals surface area contributed by atoms with E-state index in [2.05, 4.69) is 22.8 Å². The first-order chi connectivity index (χ1) is 13.9. The van der Waals surface area contributed by atoms with Gasteiger partial charge in [-0.05, 0) is 35.2 Å². The molecule has 0 aliphatic carbocycles. The number of aromatic nitrogens is 1. The van der Waals surface area contributed by atoms with E-state index >= 15 is 0 Å². The van der Waals surface area contributed by atoms with E-state index in [0.29, 0.717) is 12.0 Å². The summed E-state index contributed by atoms with van der Waals surface area (Å²) in [5, 5.41) is 51.3. The molecule has 7 heteroatoms. The van der Waals surface area contributed by atoms with Crippen molar-refractivity contribution in [2.75, 3.05) is 6.61 Å². The van der Waals surface area contributed by atoms with E-state index in [1.54, 1.807) is 12.1 Å². The maximum atomic E-state index is 10.4. The standard InChI is InChI=1S/C22H25NO6/c1-23-14(10-13-4-2-3-5-16(13)23)8-12-6-7-17(25)15(9-12)22-21(28)20(27)19(26)18(11-24)29-22/h2-7,9-10,18-22,24-28H,8,11H2,1H3/t18-,19-,20+,21-,22+/m1/s1. The number of aliphatic hydroxyl groups excluding tert-OH is 4. The molecule has 0 amide bonds. The van der Waals surface area contributed by atoms with Crippen LogP contribution in [0.15, 0.2) is 48.5 Å². The Kier molecular flexibility index (Phi) is 5.33. The Morgan fingerprint density at radius 3 is 2.45 bits per heavy atom. The topological polar surface area (TPSA) is 115 Å². The minimum absolute atomic E-state index is 0.0879. The molecule has 4 rings (SSSR count). The van der Waals surface area contributed by atoms with Crippen LogP contribution in [-0.2, 0) is 18.2 Å². The number of aryl methyl sites for hydroxylation is 1. The molecule has 3 aromatic rings. The summed E-state index contributed by atoms with van der Waals surface area (Å²) in [4.78, 5) is 0. The van der Waals surface area contributed by atoms with E-state index < -0.39 is 37.1 Å². The molecule has 29 heavy (non-hydrogen) atoms. The maximum absolute atomic E-state index is 10.4. The van der Waals surface area contributed by atoms with Crippen molar-refractivity contribution >= 4 is 10.9 Å². The van der Waals surface area contributed by atoms with E-state index in [1.807, 2.05) is 19.2 Å². The lowest BCUT2D eigenvalue weighted by atomic mass is 9.90. The third kappa shape index (κ3) is 3.52. The van der Waals surface area contributed by atoms with Crippen molar-refractivity contribution in [1.82, 2.24) is 4.57 Å². The third-order valence-corrected chi connectivity index (χ3v) is 5.73. The van der Waals surface area contributed by atoms with Crippen LogP contribution in [0.4, 0.5) is 0 Å². The van der Waals surface area contributed by atoms with Crippen LogP contribution in [0.3, 0.4) is 0 Å². The fraction of sp³-hybridized carbons (Fsp3) is 0.364. The average molecular weight is 399 g/mol. The van der Waals surface area contributed by atoms with Gasteiger partial charge in [0.05, 0.1) is 6.61 Å². The number of aliphatic hydroxyl groups is 4. The van der Waals surface area contributed by atoms with Crippen molar-refractivity contribution in [3.63, 3.8) is 0 Å². The van der Waals surface area contributed by atoms with Gasteiger partial charge in [0, 0.05) is 30.2 Å². The molecule has 154 valence electrons. The van der Waals surface area contributed by atoms with Gasteiger partial charge in [-0.2, -0.15) is 0 Å². The number of rotatable bonds is 4. The number of phenols is 1. The number of fused-ring (bicyclic) bond motifs is 1. The minimum Gasteiger partial charge on any atom is -0.508 e. The predicted molar refractivity (Wildman–Crippen MR) is 107 cm³/mol. The van der Waals surface area contributed by atoms with Gasteiger partial charge < -0.3 is 34.8 Å². The Balaban J connectivity index is 1.66. The number of hydrogen-bond acceptors (Lipinski definition) is 6. The second-order valence-electron chi connectivity index (χ2n) is 7.57. The van der Waals surface area contributed by atoms with Crippen LogP contribution in [0.25, 0.3) is 10.9 Å². The van der Waals surface area contributed by atoms with Gasteiger partial charge in [0.25, 0.3) is 0 Å². The molecule has 0 bridgehead atoms. The molecule has 1 saturated heterocycles. The molecule has 1 aromatic heterocycles. The number of nitrogens with zero attached hydrogens (tertiary/aromatic N) is 1. The zero-order valence-corrected chi connectivity index (χ0v) is 16.0. The highest BCUT2D eigenvalue weighted by Gasteiger charge is 2.44. The molecule has 2 heterocycles. The highest BCUT2D eigenvalue weighted by atomic mass is 16.5. The van der Waals surface area contributed by atoms with Gasteiger partial charge >= 0.3 is 0 Å². The molecule has 0 spiro atoms. The normalized spacial score (nSPS) is 27.4. The van der Waals surface area contributed by atoms with E-state index in [4.69, 9.17) is 4.74 Å². The lowest BCUT2D eigenvalue weighted by molar-refractivity contribution is -0.232. The molecule has 5 N–H and O–H groups in total. The number of ether oxygens (including phenoxy) is 1. The Hall–Kier alpha value is -2.42. The van der Waals surface area contributed by atoms with E-state index in [-0.39, 0.29) is 5.75 Å². The van der Waals surface area contributed by atoms with Crippen LogP contribution in [-0.4, -0.2) is 61.1 Å². The summed E-state index contributed by atoms with van der Waals surface area (Å²) >= 11 is 0. The number of para-hydroxylation sites is 1. The Bertz CT molecular complexity index is 1010. The van der Waals surface area contributed by atoms with Gasteiger partial charge in [0.1, 0.15) is 36.3 Å². The Morgan fingerprint density at radius 1 is 0.966 bits per heavy atom. The average Bonchev–Trinajstić information content (AvgIpc) is 3.04. The highest BCUT2D eigenvalue weighted by Crippen LogP contribution is 2.37. The van der Waals surface area contributed by atoms with Crippen molar-refractivity contribution in [2.24, 2.45) is 7.05 Å². The minimum atomic E-state index is -1.49. The van der Waals surface area contributed by atoms with Crippen LogP contribution in [0.5, 0.6) is 5.75 Å². The lowest BCUT2D eigenvalue weighted by Crippen LogP contribution is -2.55. The molecule has 0 unspecified atom stereocenters. The van der Waals surface area contributed by atoms with Crippen LogP contribution >= 0.6 is 0 Å². The fourth-order valence-electron chi connectivity index (χ4n) is 4.03. The van der Waals surface area contributed by atoms with Gasteiger partial charge in [0.15, 0.2) is 0 Å². The summed E-state index contributed by atoms with van der Waals surface area (Å²) in [7, 11) is 2.00. The van der Waals surface area contributed by atoms with E-state index in [0.717, 1.165) is 22.2 Å². The first-order valence-corrected chi connectivity index (χ1v) is 9.56. The van der Waals surface area contributed by atoms with Crippen molar-refractivity contribution in [1.29, 1.82) is 0 Å². The number of benzene rings is 2. The van der Waals surface area contributed by atoms with Crippen molar-refractivity contribution < 1.29 is 30.3 Å². The quantitative estimate of drug-likeness (QED) is 0.447. The molecule has 7 nitrogen and oxygen atoms in total. The molecule has 5 atom stereocenters. The third-order valence-electron chi connectivity index (χ3n) is 5.73. The summed E-state index contributed by atoms with van der Waals surface area (Å²) in [6.07, 6.45) is -5.88. The molecule has 1 aliphatic heterocycles. The SMILES string of the molecule is Cn1c(Cc2ccc(O)c([C@@H]3O[C@H](CO)[C@@H](O)[C@H](O)[C@H]3O)c2)cc2ccccc21. The number of aromatic hydroxyl groups is 1. The molecule has 1 fully saturated rings. The molecular weight excluding hydrogens is 374 g/mol. The first-order valence-electron chi connectivity index (χ1n) is 9.56. The fourth-order valence-corrected chi connectivity index (χ4v) is 4.03. The van der Waals surface area contributed by atoms with Gasteiger partial charge in [-0.3, -0.25) is 0 Å². The molecular formula is C22H25NO6. The lowest BCUT2D eigenvalue weighted by Gasteiger charge is -2.40. The van der Waals surface area contributed by atoms with E-state index in [9.17, 15) is 25.5 Å². The second-order valence-corrected chi connectivity index (χ2v) is 7.57. The summed E-state index contributed by atoms with van der Waals surface area (Å²) in [6.45, 7) is -0.516. The zero-order chi connectivity index (χ0) is 20.7. The number of phenolic OH excluding ortho intramolecular Hbond substituents is 1. The maximum Gasteiger partial charge on any atom is 0.121 e. The van der Waals surface area contributed by atoms with Gasteiger partial charge in [-0.1, -0.05) is 24.3 Å². The van der Waals surface area contributed by atoms with E-state index in [1.165, 1.54) is 6.07 Å².